The third-order valence-electron chi connectivity index (χ3n) is 3.10. The van der Waals surface area contributed by atoms with Gasteiger partial charge in [-0.25, -0.2) is 12.8 Å². The number of hydrogen-bond donors (Lipinski definition) is 3. The molecule has 0 spiro atoms. The van der Waals surface area contributed by atoms with Gasteiger partial charge >= 0.3 is 0 Å². The summed E-state index contributed by atoms with van der Waals surface area (Å²) >= 11 is 0. The van der Waals surface area contributed by atoms with E-state index in [2.05, 4.69) is 15.4 Å². The van der Waals surface area contributed by atoms with Gasteiger partial charge in [-0.3, -0.25) is 9.52 Å². The molecule has 0 aliphatic heterocycles. The van der Waals surface area contributed by atoms with Crippen molar-refractivity contribution in [2.24, 2.45) is 0 Å². The fraction of sp³-hybridized carbons (Fsp3) is 0.188. The van der Waals surface area contributed by atoms with E-state index in [1.54, 1.807) is 43.3 Å². The summed E-state index contributed by atoms with van der Waals surface area (Å²) in [6, 6.07) is 11.7. The Balaban J connectivity index is 1.97. The van der Waals surface area contributed by atoms with Gasteiger partial charge in [0.05, 0.1) is 11.9 Å². The van der Waals surface area contributed by atoms with Gasteiger partial charge in [0.15, 0.2) is 0 Å². The van der Waals surface area contributed by atoms with Crippen LogP contribution in [0.15, 0.2) is 48.5 Å². The van der Waals surface area contributed by atoms with E-state index in [4.69, 9.17) is 0 Å². The zero-order valence-electron chi connectivity index (χ0n) is 13.2. The first-order chi connectivity index (χ1) is 11.2. The van der Waals surface area contributed by atoms with E-state index in [-0.39, 0.29) is 5.69 Å². The lowest BCUT2D eigenvalue weighted by atomic mass is 10.2. The zero-order chi connectivity index (χ0) is 17.7. The zero-order valence-corrected chi connectivity index (χ0v) is 14.0. The highest BCUT2D eigenvalue weighted by atomic mass is 32.2. The van der Waals surface area contributed by atoms with Gasteiger partial charge in [-0.1, -0.05) is 12.1 Å². The SMILES string of the molecule is CC(Nc1ccc(NS(C)(=O)=O)cc1)C(=O)Nc1ccccc1F. The minimum Gasteiger partial charge on any atom is -0.374 e. The summed E-state index contributed by atoms with van der Waals surface area (Å²) in [5.41, 5.74) is 1.17. The van der Waals surface area contributed by atoms with E-state index in [1.165, 1.54) is 12.1 Å². The lowest BCUT2D eigenvalue weighted by Gasteiger charge is -2.16. The third kappa shape index (κ3) is 5.24. The van der Waals surface area contributed by atoms with Gasteiger partial charge in [-0.2, -0.15) is 0 Å². The van der Waals surface area contributed by atoms with E-state index in [1.807, 2.05) is 0 Å². The second-order valence-electron chi connectivity index (χ2n) is 5.29. The summed E-state index contributed by atoms with van der Waals surface area (Å²) in [5, 5.41) is 5.46. The standard InChI is InChI=1S/C16H18FN3O3S/c1-11(16(21)19-15-6-4-3-5-14(15)17)18-12-7-9-13(10-8-12)20-24(2,22)23/h3-11,18,20H,1-2H3,(H,19,21). The molecule has 2 aromatic carbocycles. The van der Waals surface area contributed by atoms with Crippen LogP contribution in [0.2, 0.25) is 0 Å². The monoisotopic (exact) mass is 351 g/mol. The van der Waals surface area contributed by atoms with Crippen molar-refractivity contribution in [1.82, 2.24) is 0 Å². The number of nitrogens with one attached hydrogen (secondary N) is 3. The average molecular weight is 351 g/mol. The Morgan fingerprint density at radius 3 is 2.21 bits per heavy atom. The van der Waals surface area contributed by atoms with Crippen LogP contribution in [0, 0.1) is 5.82 Å². The number of halogens is 1. The number of para-hydroxylation sites is 1. The molecule has 0 aliphatic carbocycles. The molecule has 24 heavy (non-hydrogen) atoms. The van der Waals surface area contributed by atoms with Crippen LogP contribution in [-0.4, -0.2) is 26.6 Å². The van der Waals surface area contributed by atoms with Crippen LogP contribution < -0.4 is 15.4 Å². The van der Waals surface area contributed by atoms with E-state index >= 15 is 0 Å². The minimum absolute atomic E-state index is 0.115. The Morgan fingerprint density at radius 1 is 1.04 bits per heavy atom. The number of amides is 1. The van der Waals surface area contributed by atoms with Crippen molar-refractivity contribution in [2.45, 2.75) is 13.0 Å². The highest BCUT2D eigenvalue weighted by Gasteiger charge is 2.14. The largest absolute Gasteiger partial charge is 0.374 e. The molecule has 0 saturated heterocycles. The number of benzene rings is 2. The molecule has 0 aromatic heterocycles. The molecule has 1 amide bonds. The molecule has 2 aromatic rings. The minimum atomic E-state index is -3.34. The summed E-state index contributed by atoms with van der Waals surface area (Å²) in [6.07, 6.45) is 1.06. The van der Waals surface area contributed by atoms with E-state index < -0.39 is 27.8 Å². The molecule has 1 unspecified atom stereocenters. The van der Waals surface area contributed by atoms with Crippen molar-refractivity contribution in [3.8, 4) is 0 Å². The molecule has 0 radical (unpaired) electrons. The number of sulfonamides is 1. The van der Waals surface area contributed by atoms with Gasteiger partial charge in [-0.05, 0) is 43.3 Å². The average Bonchev–Trinajstić information content (AvgIpc) is 2.50. The Morgan fingerprint density at radius 2 is 1.62 bits per heavy atom. The van der Waals surface area contributed by atoms with Crippen LogP contribution in [0.25, 0.3) is 0 Å². The highest BCUT2D eigenvalue weighted by molar-refractivity contribution is 7.92. The van der Waals surface area contributed by atoms with E-state index in [0.717, 1.165) is 6.26 Å². The van der Waals surface area contributed by atoms with Crippen molar-refractivity contribution in [1.29, 1.82) is 0 Å². The summed E-state index contributed by atoms with van der Waals surface area (Å²) in [6.45, 7) is 1.64. The Labute approximate surface area is 140 Å². The van der Waals surface area contributed by atoms with Crippen LogP contribution in [0.3, 0.4) is 0 Å². The molecular weight excluding hydrogens is 333 g/mol. The second kappa shape index (κ2) is 7.31. The normalized spacial score (nSPS) is 12.3. The van der Waals surface area contributed by atoms with E-state index in [0.29, 0.717) is 11.4 Å². The predicted octanol–water partition coefficient (Wildman–Crippen LogP) is 2.64. The Kier molecular flexibility index (Phi) is 5.40. The summed E-state index contributed by atoms with van der Waals surface area (Å²) in [7, 11) is -3.34. The molecule has 0 fully saturated rings. The van der Waals surface area contributed by atoms with Crippen LogP contribution in [-0.2, 0) is 14.8 Å². The maximum atomic E-state index is 13.5. The summed E-state index contributed by atoms with van der Waals surface area (Å²) < 4.78 is 38.2. The number of hydrogen-bond acceptors (Lipinski definition) is 4. The smallest absolute Gasteiger partial charge is 0.246 e. The number of carbonyl (C=O) groups is 1. The number of anilines is 3. The molecule has 1 atom stereocenters. The van der Waals surface area contributed by atoms with Crippen molar-refractivity contribution < 1.29 is 17.6 Å². The van der Waals surface area contributed by atoms with Crippen LogP contribution in [0.5, 0.6) is 0 Å². The van der Waals surface area contributed by atoms with Crippen LogP contribution in [0.1, 0.15) is 6.92 Å². The highest BCUT2D eigenvalue weighted by Crippen LogP contribution is 2.16. The fourth-order valence-corrected chi connectivity index (χ4v) is 2.53. The summed E-state index contributed by atoms with van der Waals surface area (Å²) in [5.74, 6) is -0.896. The first-order valence-electron chi connectivity index (χ1n) is 7.14. The molecule has 128 valence electrons. The molecule has 3 N–H and O–H groups in total. The maximum Gasteiger partial charge on any atom is 0.246 e. The molecular formula is C16H18FN3O3S. The fourth-order valence-electron chi connectivity index (χ4n) is 1.97. The molecule has 0 bridgehead atoms. The van der Waals surface area contributed by atoms with Crippen molar-refractivity contribution in [3.63, 3.8) is 0 Å². The second-order valence-corrected chi connectivity index (χ2v) is 7.04. The van der Waals surface area contributed by atoms with Gasteiger partial charge in [-0.15, -0.1) is 0 Å². The van der Waals surface area contributed by atoms with Crippen molar-refractivity contribution >= 4 is 33.0 Å². The van der Waals surface area contributed by atoms with Crippen LogP contribution >= 0.6 is 0 Å². The number of rotatable bonds is 6. The van der Waals surface area contributed by atoms with Crippen molar-refractivity contribution in [2.75, 3.05) is 21.6 Å². The molecule has 8 heteroatoms. The van der Waals surface area contributed by atoms with Gasteiger partial charge in [0.1, 0.15) is 11.9 Å². The molecule has 6 nitrogen and oxygen atoms in total. The Hall–Kier alpha value is -2.61. The van der Waals surface area contributed by atoms with Gasteiger partial charge < -0.3 is 10.6 Å². The number of carbonyl (C=O) groups excluding carboxylic acids is 1. The lowest BCUT2D eigenvalue weighted by Crippen LogP contribution is -2.32. The molecule has 2 rings (SSSR count). The molecule has 0 saturated carbocycles. The van der Waals surface area contributed by atoms with Crippen LogP contribution in [0.4, 0.5) is 21.5 Å². The predicted molar refractivity (Wildman–Crippen MR) is 93.0 cm³/mol. The first kappa shape index (κ1) is 17.7. The lowest BCUT2D eigenvalue weighted by molar-refractivity contribution is -0.116. The Bertz CT molecular complexity index is 823. The quantitative estimate of drug-likeness (QED) is 0.747. The summed E-state index contributed by atoms with van der Waals surface area (Å²) in [4.78, 5) is 12.1. The molecule has 0 heterocycles. The first-order valence-corrected chi connectivity index (χ1v) is 9.03. The van der Waals surface area contributed by atoms with Crippen molar-refractivity contribution in [3.05, 3.63) is 54.3 Å². The third-order valence-corrected chi connectivity index (χ3v) is 3.70. The van der Waals surface area contributed by atoms with E-state index in [9.17, 15) is 17.6 Å². The van der Waals surface area contributed by atoms with Gasteiger partial charge in [0, 0.05) is 11.4 Å². The maximum absolute atomic E-state index is 13.5. The topological polar surface area (TPSA) is 87.3 Å². The molecule has 0 aliphatic rings. The van der Waals surface area contributed by atoms with Gasteiger partial charge in [0.2, 0.25) is 15.9 Å². The van der Waals surface area contributed by atoms with Gasteiger partial charge in [0.25, 0.3) is 0 Å².